The Morgan fingerprint density at radius 3 is 2.50 bits per heavy atom. The molecule has 0 aliphatic heterocycles. The van der Waals surface area contributed by atoms with Crippen molar-refractivity contribution in [1.29, 1.82) is 0 Å². The first-order valence-corrected chi connectivity index (χ1v) is 7.49. The summed E-state index contributed by atoms with van der Waals surface area (Å²) in [5.41, 5.74) is 1.03. The molecule has 0 fully saturated rings. The fourth-order valence-electron chi connectivity index (χ4n) is 1.70. The molecule has 0 spiro atoms. The Morgan fingerprint density at radius 1 is 1.20 bits per heavy atom. The summed E-state index contributed by atoms with van der Waals surface area (Å²) in [7, 11) is 0. The summed E-state index contributed by atoms with van der Waals surface area (Å²) in [5, 5.41) is 7.43. The summed E-state index contributed by atoms with van der Waals surface area (Å²) in [6.07, 6.45) is 1.18. The topological polar surface area (TPSA) is 41.1 Å². The van der Waals surface area contributed by atoms with E-state index in [1.807, 2.05) is 6.07 Å². The lowest BCUT2D eigenvalue weighted by atomic mass is 10.1. The third kappa shape index (κ3) is 7.13. The van der Waals surface area contributed by atoms with Gasteiger partial charge in [-0.1, -0.05) is 29.3 Å². The third-order valence-electron chi connectivity index (χ3n) is 2.74. The van der Waals surface area contributed by atoms with E-state index in [2.05, 4.69) is 31.4 Å². The highest BCUT2D eigenvalue weighted by Crippen LogP contribution is 2.20. The summed E-state index contributed by atoms with van der Waals surface area (Å²) in [4.78, 5) is 11.7. The lowest BCUT2D eigenvalue weighted by Gasteiger charge is -2.20. The molecular formula is C15H22Cl2N2O. The number of halogens is 2. The first kappa shape index (κ1) is 17.3. The predicted molar refractivity (Wildman–Crippen MR) is 85.5 cm³/mol. The molecule has 112 valence electrons. The second-order valence-corrected chi connectivity index (χ2v) is 6.61. The number of rotatable bonds is 6. The van der Waals surface area contributed by atoms with Gasteiger partial charge in [-0.25, -0.2) is 0 Å². The average Bonchev–Trinajstić information content (AvgIpc) is 2.30. The number of benzene rings is 1. The van der Waals surface area contributed by atoms with Crippen molar-refractivity contribution >= 4 is 29.1 Å². The normalized spacial score (nSPS) is 11.4. The second-order valence-electron chi connectivity index (χ2n) is 5.76. The van der Waals surface area contributed by atoms with E-state index in [9.17, 15) is 4.79 Å². The Labute approximate surface area is 131 Å². The molecule has 3 nitrogen and oxygen atoms in total. The van der Waals surface area contributed by atoms with Crippen molar-refractivity contribution in [3.63, 3.8) is 0 Å². The minimum Gasteiger partial charge on any atom is -0.356 e. The van der Waals surface area contributed by atoms with Crippen LogP contribution in [0.2, 0.25) is 10.0 Å². The Balaban J connectivity index is 2.25. The Kier molecular flexibility index (Phi) is 6.80. The maximum atomic E-state index is 11.7. The first-order valence-electron chi connectivity index (χ1n) is 6.73. The third-order valence-corrected chi connectivity index (χ3v) is 3.33. The predicted octanol–water partition coefficient (Wildman–Crippen LogP) is 3.43. The molecule has 0 heterocycles. The molecule has 0 atom stereocenters. The van der Waals surface area contributed by atoms with Gasteiger partial charge >= 0.3 is 0 Å². The van der Waals surface area contributed by atoms with Gasteiger partial charge in [0.2, 0.25) is 5.91 Å². The highest BCUT2D eigenvalue weighted by Gasteiger charge is 2.09. The molecule has 2 N–H and O–H groups in total. The number of hydrogen-bond donors (Lipinski definition) is 2. The van der Waals surface area contributed by atoms with Gasteiger partial charge in [0.05, 0.1) is 0 Å². The molecule has 20 heavy (non-hydrogen) atoms. The highest BCUT2D eigenvalue weighted by atomic mass is 35.5. The summed E-state index contributed by atoms with van der Waals surface area (Å²) in [6, 6.07) is 5.41. The molecule has 0 aliphatic carbocycles. The minimum absolute atomic E-state index is 0.0388. The van der Waals surface area contributed by atoms with Crippen molar-refractivity contribution < 1.29 is 4.79 Å². The summed E-state index contributed by atoms with van der Waals surface area (Å²) >= 11 is 11.9. The number of nitrogens with one attached hydrogen (secondary N) is 2. The van der Waals surface area contributed by atoms with Crippen LogP contribution < -0.4 is 10.6 Å². The van der Waals surface area contributed by atoms with Crippen LogP contribution in [0.5, 0.6) is 0 Å². The summed E-state index contributed by atoms with van der Waals surface area (Å²) < 4.78 is 0. The Bertz CT molecular complexity index is 456. The van der Waals surface area contributed by atoms with Crippen LogP contribution in [-0.2, 0) is 11.2 Å². The number of carbonyl (C=O) groups excluding carboxylic acids is 1. The van der Waals surface area contributed by atoms with Crippen LogP contribution in [0, 0.1) is 0 Å². The van der Waals surface area contributed by atoms with Crippen molar-refractivity contribution in [2.24, 2.45) is 0 Å². The molecule has 0 aliphatic rings. The number of hydrogen-bond acceptors (Lipinski definition) is 2. The van der Waals surface area contributed by atoms with Crippen LogP contribution in [0.1, 0.15) is 32.8 Å². The molecule has 1 aromatic carbocycles. The molecule has 0 saturated carbocycles. The zero-order valence-electron chi connectivity index (χ0n) is 12.2. The first-order chi connectivity index (χ1) is 9.28. The molecule has 5 heteroatoms. The van der Waals surface area contributed by atoms with Gasteiger partial charge in [-0.15, -0.1) is 0 Å². The number of carbonyl (C=O) groups is 1. The van der Waals surface area contributed by atoms with Crippen molar-refractivity contribution in [1.82, 2.24) is 10.6 Å². The van der Waals surface area contributed by atoms with E-state index in [-0.39, 0.29) is 11.4 Å². The zero-order valence-corrected chi connectivity index (χ0v) is 13.7. The molecule has 0 aromatic heterocycles. The fraction of sp³-hybridized carbons (Fsp3) is 0.533. The summed E-state index contributed by atoms with van der Waals surface area (Å²) in [5.74, 6) is 0.0480. The maximum Gasteiger partial charge on any atom is 0.221 e. The van der Waals surface area contributed by atoms with Crippen LogP contribution in [0.15, 0.2) is 18.2 Å². The Hall–Kier alpha value is -0.770. The van der Waals surface area contributed by atoms with Crippen LogP contribution in [0.3, 0.4) is 0 Å². The van der Waals surface area contributed by atoms with Gasteiger partial charge in [0.1, 0.15) is 0 Å². The van der Waals surface area contributed by atoms with Crippen molar-refractivity contribution in [2.75, 3.05) is 13.1 Å². The second kappa shape index (κ2) is 7.87. The summed E-state index contributed by atoms with van der Waals surface area (Å²) in [6.45, 7) is 7.49. The van der Waals surface area contributed by atoms with Crippen LogP contribution in [0.4, 0.5) is 0 Å². The van der Waals surface area contributed by atoms with Crippen LogP contribution in [-0.4, -0.2) is 24.5 Å². The van der Waals surface area contributed by atoms with E-state index in [1.165, 1.54) is 0 Å². The molecule has 1 aromatic rings. The molecule has 1 amide bonds. The van der Waals surface area contributed by atoms with Crippen molar-refractivity contribution in [3.8, 4) is 0 Å². The SMILES string of the molecule is CC(C)(C)NCCC(=O)NCCc1ccc(Cl)cc1Cl. The molecule has 0 unspecified atom stereocenters. The van der Waals surface area contributed by atoms with Gasteiger partial charge in [-0.05, 0) is 44.9 Å². The van der Waals surface area contributed by atoms with Crippen LogP contribution >= 0.6 is 23.2 Å². The standard InChI is InChI=1S/C15H22Cl2N2O/c1-15(2,3)19-9-7-14(20)18-8-6-11-4-5-12(16)10-13(11)17/h4-5,10,19H,6-9H2,1-3H3,(H,18,20). The van der Waals surface area contributed by atoms with E-state index >= 15 is 0 Å². The largest absolute Gasteiger partial charge is 0.356 e. The molecule has 1 rings (SSSR count). The van der Waals surface area contributed by atoms with Gasteiger partial charge in [0, 0.05) is 35.1 Å². The van der Waals surface area contributed by atoms with E-state index in [0.29, 0.717) is 36.0 Å². The van der Waals surface area contributed by atoms with Gasteiger partial charge in [-0.2, -0.15) is 0 Å². The number of amides is 1. The zero-order chi connectivity index (χ0) is 15.2. The minimum atomic E-state index is 0.0388. The lowest BCUT2D eigenvalue weighted by Crippen LogP contribution is -2.38. The average molecular weight is 317 g/mol. The van der Waals surface area contributed by atoms with Crippen LogP contribution in [0.25, 0.3) is 0 Å². The van der Waals surface area contributed by atoms with Gasteiger partial charge in [0.15, 0.2) is 0 Å². The van der Waals surface area contributed by atoms with Gasteiger partial charge in [0.25, 0.3) is 0 Å². The van der Waals surface area contributed by atoms with Gasteiger partial charge in [-0.3, -0.25) is 4.79 Å². The van der Waals surface area contributed by atoms with E-state index in [0.717, 1.165) is 5.56 Å². The van der Waals surface area contributed by atoms with Crippen molar-refractivity contribution in [2.45, 2.75) is 39.2 Å². The van der Waals surface area contributed by atoms with E-state index in [4.69, 9.17) is 23.2 Å². The van der Waals surface area contributed by atoms with E-state index in [1.54, 1.807) is 12.1 Å². The van der Waals surface area contributed by atoms with Crippen molar-refractivity contribution in [3.05, 3.63) is 33.8 Å². The monoisotopic (exact) mass is 316 g/mol. The lowest BCUT2D eigenvalue weighted by molar-refractivity contribution is -0.121. The molecular weight excluding hydrogens is 295 g/mol. The van der Waals surface area contributed by atoms with Gasteiger partial charge < -0.3 is 10.6 Å². The maximum absolute atomic E-state index is 11.7. The molecule has 0 saturated heterocycles. The quantitative estimate of drug-likeness (QED) is 0.844. The fourth-order valence-corrected chi connectivity index (χ4v) is 2.20. The molecule has 0 radical (unpaired) electrons. The smallest absolute Gasteiger partial charge is 0.221 e. The Morgan fingerprint density at radius 2 is 1.90 bits per heavy atom. The highest BCUT2D eigenvalue weighted by molar-refractivity contribution is 6.35. The van der Waals surface area contributed by atoms with E-state index < -0.39 is 0 Å². The molecule has 0 bridgehead atoms.